The lowest BCUT2D eigenvalue weighted by atomic mass is 9.82. The van der Waals surface area contributed by atoms with E-state index < -0.39 is 0 Å². The van der Waals surface area contributed by atoms with Gasteiger partial charge in [0.05, 0.1) is 0 Å². The summed E-state index contributed by atoms with van der Waals surface area (Å²) in [7, 11) is 0. The summed E-state index contributed by atoms with van der Waals surface area (Å²) in [6.45, 7) is 9.63. The van der Waals surface area contributed by atoms with Crippen LogP contribution in [0.2, 0.25) is 0 Å². The fourth-order valence-electron chi connectivity index (χ4n) is 11.2. The third-order valence-corrected chi connectivity index (χ3v) is 18.0. The van der Waals surface area contributed by atoms with Crippen molar-refractivity contribution < 1.29 is 0 Å². The van der Waals surface area contributed by atoms with Gasteiger partial charge in [0.25, 0.3) is 0 Å². The molecule has 1 unspecified atom stereocenters. The lowest BCUT2D eigenvalue weighted by molar-refractivity contribution is 0.661. The van der Waals surface area contributed by atoms with Crippen LogP contribution < -0.4 is 14.7 Å². The maximum absolute atomic E-state index is 2.49. The fraction of sp³-hybridized carbons (Fsp3) is 0.153. The van der Waals surface area contributed by atoms with E-state index in [1.807, 2.05) is 34.0 Å². The molecule has 7 aromatic carbocycles. The van der Waals surface area contributed by atoms with Gasteiger partial charge >= 0.3 is 0 Å². The summed E-state index contributed by atoms with van der Waals surface area (Å²) in [4.78, 5) is 3.91. The zero-order valence-electron chi connectivity index (χ0n) is 35.8. The number of nitrogens with zero attached hydrogens (tertiary/aromatic N) is 1. The van der Waals surface area contributed by atoms with Crippen LogP contribution >= 0.6 is 34.0 Å². The molecule has 0 radical (unpaired) electrons. The highest BCUT2D eigenvalue weighted by Gasteiger charge is 2.38. The van der Waals surface area contributed by atoms with E-state index in [0.717, 1.165) is 24.2 Å². The number of anilines is 3. The highest BCUT2D eigenvalue weighted by molar-refractivity contribution is 7.26. The lowest BCUT2D eigenvalue weighted by Gasteiger charge is -2.28. The molecule has 0 amide bonds. The quantitative estimate of drug-likeness (QED) is 0.167. The van der Waals surface area contributed by atoms with E-state index in [2.05, 4.69) is 196 Å². The summed E-state index contributed by atoms with van der Waals surface area (Å²) in [5.74, 6) is 0.993. The number of thiophene rings is 3. The monoisotopic (exact) mass is 863 g/mol. The van der Waals surface area contributed by atoms with Crippen LogP contribution in [0.25, 0.3) is 80.3 Å². The molecule has 3 heterocycles. The van der Waals surface area contributed by atoms with E-state index in [4.69, 9.17) is 0 Å². The maximum atomic E-state index is 2.49. The number of benzene rings is 7. The minimum Gasteiger partial charge on any atom is -0.310 e. The van der Waals surface area contributed by atoms with Crippen molar-refractivity contribution in [2.45, 2.75) is 51.9 Å². The van der Waals surface area contributed by atoms with Gasteiger partial charge in [-0.1, -0.05) is 137 Å². The van der Waals surface area contributed by atoms with Gasteiger partial charge in [0.2, 0.25) is 0 Å². The van der Waals surface area contributed by atoms with Gasteiger partial charge in [-0.3, -0.25) is 0 Å². The molecule has 4 heteroatoms. The zero-order valence-corrected chi connectivity index (χ0v) is 38.3. The second-order valence-electron chi connectivity index (χ2n) is 18.4. The van der Waals surface area contributed by atoms with E-state index in [9.17, 15) is 0 Å². The molecule has 0 saturated heterocycles. The summed E-state index contributed by atoms with van der Waals surface area (Å²) in [6.07, 6.45) is 9.36. The lowest BCUT2D eigenvalue weighted by Crippen LogP contribution is -2.28. The van der Waals surface area contributed by atoms with Crippen molar-refractivity contribution in [1.82, 2.24) is 0 Å². The van der Waals surface area contributed by atoms with Crippen LogP contribution in [-0.2, 0) is 5.41 Å². The molecule has 63 heavy (non-hydrogen) atoms. The molecule has 0 N–H and O–H groups in total. The van der Waals surface area contributed by atoms with E-state index >= 15 is 0 Å². The van der Waals surface area contributed by atoms with Gasteiger partial charge in [-0.05, 0) is 140 Å². The molecular formula is C59H45NS3. The van der Waals surface area contributed by atoms with Crippen molar-refractivity contribution in [2.75, 3.05) is 4.90 Å². The Kier molecular flexibility index (Phi) is 8.32. The molecule has 13 rings (SSSR count). The highest BCUT2D eigenvalue weighted by Crippen LogP contribution is 2.56. The third-order valence-electron chi connectivity index (χ3n) is 14.4. The topological polar surface area (TPSA) is 3.24 Å². The molecule has 0 aliphatic heterocycles. The Morgan fingerprint density at radius 2 is 1.24 bits per heavy atom. The first-order valence-electron chi connectivity index (χ1n) is 22.4. The van der Waals surface area contributed by atoms with E-state index in [1.54, 1.807) is 0 Å². The van der Waals surface area contributed by atoms with Crippen LogP contribution in [0, 0.1) is 5.92 Å². The Morgan fingerprint density at radius 1 is 0.540 bits per heavy atom. The molecule has 3 aliphatic rings. The van der Waals surface area contributed by atoms with Gasteiger partial charge in [0.1, 0.15) is 0 Å². The van der Waals surface area contributed by atoms with Gasteiger partial charge in [-0.2, -0.15) is 0 Å². The Bertz CT molecular complexity index is 3680. The number of hydrogen-bond donors (Lipinski definition) is 0. The number of rotatable bonds is 5. The maximum Gasteiger partial charge on any atom is 0.0465 e. The van der Waals surface area contributed by atoms with Crippen molar-refractivity contribution in [3.63, 3.8) is 0 Å². The summed E-state index contributed by atoms with van der Waals surface area (Å²) in [5.41, 5.74) is 15.8. The van der Waals surface area contributed by atoms with Gasteiger partial charge < -0.3 is 4.90 Å². The first-order chi connectivity index (χ1) is 30.8. The largest absolute Gasteiger partial charge is 0.310 e. The average Bonchev–Trinajstić information content (AvgIpc) is 4.05. The number of allylic oxidation sites excluding steroid dienone is 1. The smallest absolute Gasteiger partial charge is 0.0465 e. The molecule has 0 bridgehead atoms. The molecule has 3 aliphatic carbocycles. The normalized spacial score (nSPS) is 17.2. The minimum atomic E-state index is -0.143. The van der Waals surface area contributed by atoms with Crippen molar-refractivity contribution in [3.05, 3.63) is 189 Å². The summed E-state index contributed by atoms with van der Waals surface area (Å²) in [6, 6.07) is 55.4. The van der Waals surface area contributed by atoms with Crippen LogP contribution in [0.15, 0.2) is 152 Å². The predicted molar refractivity (Wildman–Crippen MR) is 276 cm³/mol. The molecule has 1 nitrogen and oxygen atoms in total. The summed E-state index contributed by atoms with van der Waals surface area (Å²) < 4.78 is 6.92. The Labute approximate surface area is 380 Å². The summed E-state index contributed by atoms with van der Waals surface area (Å²) >= 11 is 5.83. The van der Waals surface area contributed by atoms with Crippen molar-refractivity contribution in [3.8, 4) is 22.3 Å². The van der Waals surface area contributed by atoms with Crippen LogP contribution in [-0.4, -0.2) is 0 Å². The Balaban J connectivity index is 0.959. The second kappa shape index (κ2) is 14.0. The molecule has 304 valence electrons. The predicted octanol–water partition coefficient (Wildman–Crippen LogP) is 16.5. The van der Waals surface area contributed by atoms with Crippen molar-refractivity contribution >= 4 is 109 Å². The van der Waals surface area contributed by atoms with Crippen LogP contribution in [0.5, 0.6) is 0 Å². The molecule has 3 aromatic heterocycles. The van der Waals surface area contributed by atoms with Crippen LogP contribution in [0.3, 0.4) is 0 Å². The third kappa shape index (κ3) is 5.57. The van der Waals surface area contributed by atoms with E-state index in [1.165, 1.54) is 111 Å². The fourth-order valence-corrected chi connectivity index (χ4v) is 15.2. The first kappa shape index (κ1) is 37.5. The second-order valence-corrected chi connectivity index (χ2v) is 21.6. The van der Waals surface area contributed by atoms with E-state index in [0.29, 0.717) is 11.8 Å². The highest BCUT2D eigenvalue weighted by atomic mass is 32.1. The van der Waals surface area contributed by atoms with E-state index in [-0.39, 0.29) is 5.41 Å². The molecule has 2 atom stereocenters. The number of fused-ring (bicyclic) bond motifs is 13. The Hall–Kier alpha value is -6.04. The average molecular weight is 864 g/mol. The first-order valence-corrected chi connectivity index (χ1v) is 24.8. The Morgan fingerprint density at radius 3 is 2.03 bits per heavy atom. The standard InChI is InChI=1S/C59H45NS3/c1-34-11-9-18-52-54(34)47-31-32-48-55(58(47)63-52)46-30-28-40(33-49(46)59(48,3)4)60(38-24-20-36(21-25-38)41-14-10-15-44-42-12-5-7-16-50(42)61-56(41)44)39-26-22-37(23-27-39)53-35(2)19-29-45-43-13-6-8-17-51(43)62-57(45)53/h5-10,12-18,20-35H,11,19H2,1-4H3/t34?,35-/m0/s1. The van der Waals surface area contributed by atoms with Gasteiger partial charge in [0, 0.05) is 67.0 Å². The molecule has 10 aromatic rings. The van der Waals surface area contributed by atoms with Crippen LogP contribution in [0.4, 0.5) is 17.1 Å². The molecule has 0 fully saturated rings. The molecule has 0 saturated carbocycles. The van der Waals surface area contributed by atoms with Crippen molar-refractivity contribution in [1.29, 1.82) is 0 Å². The van der Waals surface area contributed by atoms with Gasteiger partial charge in [-0.15, -0.1) is 34.0 Å². The molecular weight excluding hydrogens is 819 g/mol. The zero-order chi connectivity index (χ0) is 42.1. The van der Waals surface area contributed by atoms with Gasteiger partial charge in [0.15, 0.2) is 0 Å². The SMILES string of the molecule is CC1CC=Cc2sc3c4c(ccc3c21)C(C)(C)c1cc(N(c2ccc(C3=c5sc6ccccc6c5=CC[C@@H]3C)cc2)c2ccc(-c3cccc5c3sc3ccccc35)cc2)ccc1-4. The number of hydrogen-bond acceptors (Lipinski definition) is 4. The summed E-state index contributed by atoms with van der Waals surface area (Å²) in [5, 5.41) is 6.90. The minimum absolute atomic E-state index is 0.143. The van der Waals surface area contributed by atoms with Gasteiger partial charge in [-0.25, -0.2) is 0 Å². The van der Waals surface area contributed by atoms with Crippen LogP contribution in [0.1, 0.15) is 73.6 Å². The molecule has 0 spiro atoms. The van der Waals surface area contributed by atoms with Crippen molar-refractivity contribution in [2.24, 2.45) is 5.92 Å².